The first-order valence-corrected chi connectivity index (χ1v) is 10.0. The van der Waals surface area contributed by atoms with Crippen LogP contribution in [0, 0.1) is 6.92 Å². The second-order valence-corrected chi connectivity index (χ2v) is 7.37. The zero-order valence-electron chi connectivity index (χ0n) is 16.4. The van der Waals surface area contributed by atoms with Crippen LogP contribution < -0.4 is 10.2 Å². The van der Waals surface area contributed by atoms with Crippen molar-refractivity contribution >= 4 is 17.0 Å². The lowest BCUT2D eigenvalue weighted by Gasteiger charge is -2.21. The molecule has 0 bridgehead atoms. The van der Waals surface area contributed by atoms with Crippen LogP contribution in [0.5, 0.6) is 0 Å². The Hall–Kier alpha value is -3.25. The SMILES string of the molecule is Cc1ccc(-c2nc(N3CCCNCC3)c3oc(-c4ccccc4)nc3n2)cc1. The molecule has 0 spiro atoms. The molecule has 5 rings (SSSR count). The summed E-state index contributed by atoms with van der Waals surface area (Å²) >= 11 is 0. The minimum atomic E-state index is 0.574. The Balaban J connectivity index is 1.67. The van der Waals surface area contributed by atoms with Crippen molar-refractivity contribution in [1.29, 1.82) is 0 Å². The van der Waals surface area contributed by atoms with Crippen LogP contribution in [-0.4, -0.2) is 41.1 Å². The number of aromatic nitrogens is 3. The van der Waals surface area contributed by atoms with Crippen LogP contribution in [0.3, 0.4) is 0 Å². The number of hydrogen-bond donors (Lipinski definition) is 1. The highest BCUT2D eigenvalue weighted by Gasteiger charge is 2.22. The van der Waals surface area contributed by atoms with Crippen molar-refractivity contribution in [2.45, 2.75) is 13.3 Å². The van der Waals surface area contributed by atoms with E-state index in [0.717, 1.165) is 49.5 Å². The van der Waals surface area contributed by atoms with Gasteiger partial charge in [-0.1, -0.05) is 48.0 Å². The normalized spacial score (nSPS) is 14.9. The topological polar surface area (TPSA) is 67.1 Å². The van der Waals surface area contributed by atoms with Crippen LogP contribution in [0.1, 0.15) is 12.0 Å². The summed E-state index contributed by atoms with van der Waals surface area (Å²) < 4.78 is 6.19. The first kappa shape index (κ1) is 17.8. The summed E-state index contributed by atoms with van der Waals surface area (Å²) in [5.74, 6) is 2.08. The molecule has 0 aliphatic carbocycles. The number of hydrogen-bond acceptors (Lipinski definition) is 6. The molecule has 1 fully saturated rings. The van der Waals surface area contributed by atoms with E-state index >= 15 is 0 Å². The molecule has 0 amide bonds. The maximum atomic E-state index is 6.19. The fourth-order valence-electron chi connectivity index (χ4n) is 3.62. The number of benzene rings is 2. The highest BCUT2D eigenvalue weighted by molar-refractivity contribution is 5.85. The lowest BCUT2D eigenvalue weighted by atomic mass is 10.1. The summed E-state index contributed by atoms with van der Waals surface area (Å²) in [6, 6.07) is 18.2. The summed E-state index contributed by atoms with van der Waals surface area (Å²) in [5.41, 5.74) is 4.38. The Bertz CT molecular complexity index is 1110. The standard InChI is InChI=1S/C23H23N5O/c1-16-8-10-17(11-9-16)20-25-21-19(22(26-20)28-14-5-12-24-13-15-28)29-23(27-21)18-6-3-2-4-7-18/h2-4,6-11,24H,5,12-15H2,1H3. The van der Waals surface area contributed by atoms with Crippen molar-refractivity contribution in [3.63, 3.8) is 0 Å². The molecule has 2 aromatic carbocycles. The zero-order chi connectivity index (χ0) is 19.6. The molecule has 6 nitrogen and oxygen atoms in total. The van der Waals surface area contributed by atoms with E-state index in [1.807, 2.05) is 30.3 Å². The Kier molecular flexibility index (Phi) is 4.69. The summed E-state index contributed by atoms with van der Waals surface area (Å²) in [6.07, 6.45) is 1.06. The Labute approximate surface area is 169 Å². The molecule has 0 unspecified atom stereocenters. The van der Waals surface area contributed by atoms with Gasteiger partial charge in [-0.15, -0.1) is 0 Å². The van der Waals surface area contributed by atoms with Gasteiger partial charge in [0.2, 0.25) is 17.1 Å². The molecule has 1 saturated heterocycles. The molecule has 1 aliphatic heterocycles. The number of oxazole rings is 1. The molecule has 0 atom stereocenters. The molecule has 1 aliphatic rings. The highest BCUT2D eigenvalue weighted by Crippen LogP contribution is 2.31. The molecule has 146 valence electrons. The molecule has 0 saturated carbocycles. The molecular formula is C23H23N5O. The molecule has 3 heterocycles. The summed E-state index contributed by atoms with van der Waals surface area (Å²) in [7, 11) is 0. The maximum absolute atomic E-state index is 6.19. The van der Waals surface area contributed by atoms with Gasteiger partial charge in [-0.25, -0.2) is 9.97 Å². The fraction of sp³-hybridized carbons (Fsp3) is 0.261. The predicted octanol–water partition coefficient (Wildman–Crippen LogP) is 4.06. The van der Waals surface area contributed by atoms with E-state index in [9.17, 15) is 0 Å². The van der Waals surface area contributed by atoms with Gasteiger partial charge in [0.25, 0.3) is 0 Å². The van der Waals surface area contributed by atoms with Gasteiger partial charge in [0.05, 0.1) is 0 Å². The molecule has 1 N–H and O–H groups in total. The fourth-order valence-corrected chi connectivity index (χ4v) is 3.62. The number of anilines is 1. The van der Waals surface area contributed by atoms with E-state index in [0.29, 0.717) is 22.9 Å². The number of nitrogens with one attached hydrogen (secondary N) is 1. The molecular weight excluding hydrogens is 362 g/mol. The van der Waals surface area contributed by atoms with Gasteiger partial charge < -0.3 is 14.6 Å². The van der Waals surface area contributed by atoms with Crippen LogP contribution in [0.25, 0.3) is 34.1 Å². The second kappa shape index (κ2) is 7.64. The average molecular weight is 385 g/mol. The van der Waals surface area contributed by atoms with Crippen LogP contribution in [0.15, 0.2) is 59.0 Å². The smallest absolute Gasteiger partial charge is 0.229 e. The third kappa shape index (κ3) is 3.59. The van der Waals surface area contributed by atoms with Crippen LogP contribution in [-0.2, 0) is 0 Å². The monoisotopic (exact) mass is 385 g/mol. The second-order valence-electron chi connectivity index (χ2n) is 7.37. The number of fused-ring (bicyclic) bond motifs is 1. The molecule has 29 heavy (non-hydrogen) atoms. The first-order valence-electron chi connectivity index (χ1n) is 10.0. The van der Waals surface area contributed by atoms with Gasteiger partial charge in [0, 0.05) is 30.8 Å². The third-order valence-corrected chi connectivity index (χ3v) is 5.21. The predicted molar refractivity (Wildman–Crippen MR) is 115 cm³/mol. The van der Waals surface area contributed by atoms with Crippen LogP contribution in [0.4, 0.5) is 5.82 Å². The summed E-state index contributed by atoms with van der Waals surface area (Å²) in [4.78, 5) is 16.7. The minimum absolute atomic E-state index is 0.574. The molecule has 6 heteroatoms. The minimum Gasteiger partial charge on any atom is -0.430 e. The molecule has 4 aromatic rings. The van der Waals surface area contributed by atoms with E-state index in [1.165, 1.54) is 5.56 Å². The lowest BCUT2D eigenvalue weighted by Crippen LogP contribution is -2.29. The largest absolute Gasteiger partial charge is 0.430 e. The van der Waals surface area contributed by atoms with Crippen LogP contribution in [0.2, 0.25) is 0 Å². The van der Waals surface area contributed by atoms with Crippen molar-refractivity contribution in [3.05, 3.63) is 60.2 Å². The lowest BCUT2D eigenvalue weighted by molar-refractivity contribution is 0.615. The quantitative estimate of drug-likeness (QED) is 0.574. The van der Waals surface area contributed by atoms with Gasteiger partial charge in [-0.3, -0.25) is 0 Å². The summed E-state index contributed by atoms with van der Waals surface area (Å²) in [5, 5.41) is 3.45. The van der Waals surface area contributed by atoms with Crippen molar-refractivity contribution in [2.75, 3.05) is 31.1 Å². The van der Waals surface area contributed by atoms with Crippen molar-refractivity contribution < 1.29 is 4.42 Å². The van der Waals surface area contributed by atoms with Crippen molar-refractivity contribution in [3.8, 4) is 22.8 Å². The average Bonchev–Trinajstić information content (AvgIpc) is 3.01. The number of aryl methyl sites for hydroxylation is 1. The van der Waals surface area contributed by atoms with Crippen LogP contribution >= 0.6 is 0 Å². The third-order valence-electron chi connectivity index (χ3n) is 5.21. The van der Waals surface area contributed by atoms with E-state index in [4.69, 9.17) is 19.4 Å². The highest BCUT2D eigenvalue weighted by atomic mass is 16.4. The maximum Gasteiger partial charge on any atom is 0.229 e. The number of rotatable bonds is 3. The van der Waals surface area contributed by atoms with Gasteiger partial charge in [-0.2, -0.15) is 4.98 Å². The van der Waals surface area contributed by atoms with Gasteiger partial charge in [0.15, 0.2) is 11.6 Å². The summed E-state index contributed by atoms with van der Waals surface area (Å²) in [6.45, 7) is 5.81. The van der Waals surface area contributed by atoms with Crippen molar-refractivity contribution in [2.24, 2.45) is 0 Å². The van der Waals surface area contributed by atoms with Crippen molar-refractivity contribution in [1.82, 2.24) is 20.3 Å². The Morgan fingerprint density at radius 1 is 0.862 bits per heavy atom. The van der Waals surface area contributed by atoms with Gasteiger partial charge in [-0.05, 0) is 32.0 Å². The van der Waals surface area contributed by atoms with E-state index in [2.05, 4.69) is 41.4 Å². The Morgan fingerprint density at radius 3 is 2.52 bits per heavy atom. The van der Waals surface area contributed by atoms with E-state index < -0.39 is 0 Å². The van der Waals surface area contributed by atoms with E-state index in [-0.39, 0.29) is 0 Å². The van der Waals surface area contributed by atoms with Gasteiger partial charge >= 0.3 is 0 Å². The first-order chi connectivity index (χ1) is 14.3. The number of nitrogens with zero attached hydrogens (tertiary/aromatic N) is 4. The van der Waals surface area contributed by atoms with E-state index in [1.54, 1.807) is 0 Å². The molecule has 0 radical (unpaired) electrons. The zero-order valence-corrected chi connectivity index (χ0v) is 16.4. The molecule has 2 aromatic heterocycles. The van der Waals surface area contributed by atoms with Gasteiger partial charge in [0.1, 0.15) is 0 Å². The Morgan fingerprint density at radius 2 is 1.69 bits per heavy atom.